The number of amides is 1. The lowest BCUT2D eigenvalue weighted by molar-refractivity contribution is -0.112. The summed E-state index contributed by atoms with van der Waals surface area (Å²) in [6, 6.07) is 24.3. The van der Waals surface area contributed by atoms with Crippen LogP contribution in [0.5, 0.6) is 11.5 Å². The van der Waals surface area contributed by atoms with Gasteiger partial charge in [-0.1, -0.05) is 48.0 Å². The van der Waals surface area contributed by atoms with Crippen LogP contribution in [0.4, 0.5) is 5.69 Å². The fourth-order valence-corrected chi connectivity index (χ4v) is 2.76. The SMILES string of the molecule is COc1ccc(/C=C(\C#N)C(=O)Nc2ccccc2)c(OCc2ccc(C)cc2)c1. The Morgan fingerprint density at radius 2 is 1.80 bits per heavy atom. The lowest BCUT2D eigenvalue weighted by atomic mass is 10.1. The summed E-state index contributed by atoms with van der Waals surface area (Å²) in [6.07, 6.45) is 1.52. The Bertz CT molecular complexity index is 1080. The fraction of sp³-hybridized carbons (Fsp3) is 0.120. The van der Waals surface area contributed by atoms with E-state index < -0.39 is 5.91 Å². The van der Waals surface area contributed by atoms with Crippen molar-refractivity contribution in [2.45, 2.75) is 13.5 Å². The molecule has 1 amide bonds. The minimum absolute atomic E-state index is 0.0239. The van der Waals surface area contributed by atoms with Crippen molar-refractivity contribution in [3.8, 4) is 17.6 Å². The molecule has 0 saturated carbocycles. The average molecular weight is 398 g/mol. The molecule has 0 saturated heterocycles. The highest BCUT2D eigenvalue weighted by Crippen LogP contribution is 2.28. The number of rotatable bonds is 7. The lowest BCUT2D eigenvalue weighted by Crippen LogP contribution is -2.13. The predicted molar refractivity (Wildman–Crippen MR) is 117 cm³/mol. The second-order valence-corrected chi connectivity index (χ2v) is 6.67. The first-order valence-corrected chi connectivity index (χ1v) is 9.43. The summed E-state index contributed by atoms with van der Waals surface area (Å²) in [5, 5.41) is 12.2. The number of aryl methyl sites for hydroxylation is 1. The smallest absolute Gasteiger partial charge is 0.266 e. The number of methoxy groups -OCH3 is 1. The minimum Gasteiger partial charge on any atom is -0.497 e. The largest absolute Gasteiger partial charge is 0.497 e. The van der Waals surface area contributed by atoms with Gasteiger partial charge in [-0.2, -0.15) is 5.26 Å². The number of nitrogens with one attached hydrogen (secondary N) is 1. The summed E-state index contributed by atoms with van der Waals surface area (Å²) in [6.45, 7) is 2.38. The van der Waals surface area contributed by atoms with Gasteiger partial charge < -0.3 is 14.8 Å². The topological polar surface area (TPSA) is 71.3 Å². The highest BCUT2D eigenvalue weighted by atomic mass is 16.5. The van der Waals surface area contributed by atoms with Crippen LogP contribution in [0.25, 0.3) is 6.08 Å². The van der Waals surface area contributed by atoms with Crippen LogP contribution in [0.15, 0.2) is 78.4 Å². The summed E-state index contributed by atoms with van der Waals surface area (Å²) in [7, 11) is 1.57. The van der Waals surface area contributed by atoms with E-state index in [4.69, 9.17) is 9.47 Å². The molecule has 5 nitrogen and oxygen atoms in total. The maximum absolute atomic E-state index is 12.5. The van der Waals surface area contributed by atoms with E-state index in [0.29, 0.717) is 29.4 Å². The van der Waals surface area contributed by atoms with Gasteiger partial charge in [0.05, 0.1) is 7.11 Å². The Labute approximate surface area is 176 Å². The van der Waals surface area contributed by atoms with E-state index in [1.54, 1.807) is 37.4 Å². The van der Waals surface area contributed by atoms with Gasteiger partial charge in [-0.05, 0) is 42.8 Å². The Morgan fingerprint density at radius 1 is 1.07 bits per heavy atom. The van der Waals surface area contributed by atoms with Crippen LogP contribution in [-0.4, -0.2) is 13.0 Å². The zero-order chi connectivity index (χ0) is 21.3. The highest BCUT2D eigenvalue weighted by molar-refractivity contribution is 6.09. The number of anilines is 1. The van der Waals surface area contributed by atoms with E-state index in [2.05, 4.69) is 5.32 Å². The molecular weight excluding hydrogens is 376 g/mol. The normalized spacial score (nSPS) is 10.8. The van der Waals surface area contributed by atoms with Crippen LogP contribution < -0.4 is 14.8 Å². The second-order valence-electron chi connectivity index (χ2n) is 6.67. The first kappa shape index (κ1) is 20.7. The van der Waals surface area contributed by atoms with Gasteiger partial charge in [0.1, 0.15) is 29.7 Å². The van der Waals surface area contributed by atoms with Crippen LogP contribution in [0.3, 0.4) is 0 Å². The molecule has 5 heteroatoms. The Hall–Kier alpha value is -4.04. The van der Waals surface area contributed by atoms with Gasteiger partial charge >= 0.3 is 0 Å². The molecule has 0 aromatic heterocycles. The molecule has 3 rings (SSSR count). The quantitative estimate of drug-likeness (QED) is 0.442. The Morgan fingerprint density at radius 3 is 2.47 bits per heavy atom. The van der Waals surface area contributed by atoms with E-state index in [1.165, 1.54) is 11.6 Å². The summed E-state index contributed by atoms with van der Waals surface area (Å²) in [4.78, 5) is 12.5. The number of benzene rings is 3. The van der Waals surface area contributed by atoms with Crippen molar-refractivity contribution in [1.82, 2.24) is 0 Å². The molecule has 0 heterocycles. The molecule has 0 aliphatic carbocycles. The van der Waals surface area contributed by atoms with Gasteiger partial charge in [-0.15, -0.1) is 0 Å². The van der Waals surface area contributed by atoms with Crippen LogP contribution >= 0.6 is 0 Å². The molecule has 0 atom stereocenters. The third-order valence-corrected chi connectivity index (χ3v) is 4.43. The van der Waals surface area contributed by atoms with Crippen LogP contribution in [0, 0.1) is 18.3 Å². The molecule has 0 spiro atoms. The van der Waals surface area contributed by atoms with Gasteiger partial charge in [0.15, 0.2) is 0 Å². The molecule has 1 N–H and O–H groups in total. The lowest BCUT2D eigenvalue weighted by Gasteiger charge is -2.12. The molecular formula is C25H22N2O3. The number of nitrogens with zero attached hydrogens (tertiary/aromatic N) is 1. The molecule has 0 radical (unpaired) electrons. The molecule has 0 bridgehead atoms. The van der Waals surface area contributed by atoms with Crippen LogP contribution in [-0.2, 0) is 11.4 Å². The number of carbonyl (C=O) groups excluding carboxylic acids is 1. The van der Waals surface area contributed by atoms with Crippen LogP contribution in [0.2, 0.25) is 0 Å². The van der Waals surface area contributed by atoms with Crippen molar-refractivity contribution in [2.75, 3.05) is 12.4 Å². The van der Waals surface area contributed by atoms with E-state index in [0.717, 1.165) is 5.56 Å². The molecule has 3 aromatic rings. The monoisotopic (exact) mass is 398 g/mol. The number of carbonyl (C=O) groups is 1. The summed E-state index contributed by atoms with van der Waals surface area (Å²) in [5.74, 6) is 0.664. The number of ether oxygens (including phenoxy) is 2. The van der Waals surface area contributed by atoms with Crippen LogP contribution in [0.1, 0.15) is 16.7 Å². The van der Waals surface area contributed by atoms with E-state index >= 15 is 0 Å². The zero-order valence-electron chi connectivity index (χ0n) is 16.9. The first-order chi connectivity index (χ1) is 14.6. The van der Waals surface area contributed by atoms with Crippen molar-refractivity contribution in [3.05, 3.63) is 95.1 Å². The molecule has 30 heavy (non-hydrogen) atoms. The van der Waals surface area contributed by atoms with Gasteiger partial charge in [-0.25, -0.2) is 0 Å². The maximum Gasteiger partial charge on any atom is 0.266 e. The summed E-state index contributed by atoms with van der Waals surface area (Å²) < 4.78 is 11.3. The fourth-order valence-electron chi connectivity index (χ4n) is 2.76. The Balaban J connectivity index is 1.84. The molecule has 0 aliphatic heterocycles. The van der Waals surface area contributed by atoms with Crippen molar-refractivity contribution >= 4 is 17.7 Å². The average Bonchev–Trinajstić information content (AvgIpc) is 2.78. The van der Waals surface area contributed by atoms with Gasteiger partial charge in [0.25, 0.3) is 5.91 Å². The van der Waals surface area contributed by atoms with Gasteiger partial charge in [0.2, 0.25) is 0 Å². The zero-order valence-corrected chi connectivity index (χ0v) is 16.9. The summed E-state index contributed by atoms with van der Waals surface area (Å²) in [5.41, 5.74) is 3.40. The standard InChI is InChI=1S/C25H22N2O3/c1-18-8-10-19(11-9-18)17-30-24-15-23(29-2)13-12-20(24)14-21(16-26)25(28)27-22-6-4-3-5-7-22/h3-15H,17H2,1-2H3,(H,27,28)/b21-14+. The summed E-state index contributed by atoms with van der Waals surface area (Å²) >= 11 is 0. The highest BCUT2D eigenvalue weighted by Gasteiger charge is 2.12. The molecule has 0 unspecified atom stereocenters. The number of nitriles is 1. The van der Waals surface area contributed by atoms with Crippen molar-refractivity contribution in [2.24, 2.45) is 0 Å². The van der Waals surface area contributed by atoms with Gasteiger partial charge in [-0.3, -0.25) is 4.79 Å². The molecule has 0 aliphatic rings. The first-order valence-electron chi connectivity index (χ1n) is 9.43. The number of hydrogen-bond acceptors (Lipinski definition) is 4. The van der Waals surface area contributed by atoms with E-state index in [1.807, 2.05) is 55.5 Å². The molecule has 3 aromatic carbocycles. The predicted octanol–water partition coefficient (Wildman–Crippen LogP) is 5.13. The number of hydrogen-bond donors (Lipinski definition) is 1. The number of para-hydroxylation sites is 1. The Kier molecular flexibility index (Phi) is 6.86. The van der Waals surface area contributed by atoms with E-state index in [-0.39, 0.29) is 5.57 Å². The van der Waals surface area contributed by atoms with Crippen molar-refractivity contribution in [1.29, 1.82) is 5.26 Å². The third kappa shape index (κ3) is 5.49. The molecule has 150 valence electrons. The van der Waals surface area contributed by atoms with Crippen molar-refractivity contribution in [3.63, 3.8) is 0 Å². The van der Waals surface area contributed by atoms with Crippen molar-refractivity contribution < 1.29 is 14.3 Å². The minimum atomic E-state index is -0.482. The molecule has 0 fully saturated rings. The third-order valence-electron chi connectivity index (χ3n) is 4.43. The maximum atomic E-state index is 12.5. The van der Waals surface area contributed by atoms with Gasteiger partial charge in [0, 0.05) is 17.3 Å². The second kappa shape index (κ2) is 9.94. The van der Waals surface area contributed by atoms with E-state index in [9.17, 15) is 10.1 Å².